The fraction of sp³-hybridized carbons (Fsp3) is 0.333. The summed E-state index contributed by atoms with van der Waals surface area (Å²) in [6.45, 7) is 6.44. The highest BCUT2D eigenvalue weighted by atomic mass is 16.3. The second kappa shape index (κ2) is 3.41. The Labute approximate surface area is 48.8 Å². The maximum absolute atomic E-state index is 10.4. The van der Waals surface area contributed by atoms with Crippen LogP contribution in [0.2, 0.25) is 0 Å². The highest BCUT2D eigenvalue weighted by Gasteiger charge is 2.07. The third-order valence-corrected chi connectivity index (χ3v) is 0.810. The first-order chi connectivity index (χ1) is 3.72. The van der Waals surface area contributed by atoms with Crippen molar-refractivity contribution in [1.82, 2.24) is 0 Å². The zero-order chi connectivity index (χ0) is 6.57. The Morgan fingerprint density at radius 1 is 1.38 bits per heavy atom. The molecule has 0 saturated heterocycles. The predicted molar refractivity (Wildman–Crippen MR) is 30.9 cm³/mol. The molecule has 2 nitrogen and oxygen atoms in total. The summed E-state index contributed by atoms with van der Waals surface area (Å²) < 4.78 is 0. The summed E-state index contributed by atoms with van der Waals surface area (Å²) in [6.07, 6.45) is 0.214. The van der Waals surface area contributed by atoms with Gasteiger partial charge in [0.15, 0.2) is 0 Å². The van der Waals surface area contributed by atoms with Gasteiger partial charge in [-0.05, 0) is 0 Å². The zero-order valence-corrected chi connectivity index (χ0v) is 4.58. The largest absolute Gasteiger partial charge is 0.386 e. The Morgan fingerprint density at radius 2 is 1.88 bits per heavy atom. The average Bonchev–Trinajstić information content (AvgIpc) is 1.84. The van der Waals surface area contributed by atoms with E-state index in [2.05, 4.69) is 13.2 Å². The molecule has 0 aromatic heterocycles. The van der Waals surface area contributed by atoms with Crippen LogP contribution in [0.15, 0.2) is 25.3 Å². The topological polar surface area (TPSA) is 40.1 Å². The van der Waals surface area contributed by atoms with Gasteiger partial charge in [-0.3, -0.25) is 0 Å². The van der Waals surface area contributed by atoms with Crippen molar-refractivity contribution in [3.63, 3.8) is 0 Å². The van der Waals surface area contributed by atoms with Crippen LogP contribution in [0, 0.1) is 0 Å². The van der Waals surface area contributed by atoms with E-state index in [1.165, 1.54) is 6.08 Å². The molecule has 0 fully saturated rings. The maximum Gasteiger partial charge on any atom is 0.140 e. The van der Waals surface area contributed by atoms with E-state index in [1.54, 1.807) is 0 Å². The molecule has 8 heavy (non-hydrogen) atoms. The highest BCUT2D eigenvalue weighted by molar-refractivity contribution is 4.92. The molecule has 0 rings (SSSR count). The van der Waals surface area contributed by atoms with Crippen molar-refractivity contribution in [2.24, 2.45) is 0 Å². The van der Waals surface area contributed by atoms with Gasteiger partial charge in [-0.25, -0.2) is 5.11 Å². The molecule has 0 saturated carbocycles. The number of aliphatic hydroxyl groups is 1. The highest BCUT2D eigenvalue weighted by Crippen LogP contribution is 1.94. The second-order valence-electron chi connectivity index (χ2n) is 1.43. The minimum Gasteiger partial charge on any atom is -0.386 e. The van der Waals surface area contributed by atoms with Crippen LogP contribution in [-0.2, 0) is 5.11 Å². The van der Waals surface area contributed by atoms with Crippen LogP contribution < -0.4 is 0 Å². The van der Waals surface area contributed by atoms with Gasteiger partial charge in [-0.15, -0.1) is 13.2 Å². The molecule has 0 bridgehead atoms. The smallest absolute Gasteiger partial charge is 0.140 e. The van der Waals surface area contributed by atoms with E-state index in [4.69, 9.17) is 5.11 Å². The van der Waals surface area contributed by atoms with Crippen molar-refractivity contribution in [2.75, 3.05) is 0 Å². The molecular formula is C6H9O2. The molecule has 0 amide bonds. The lowest BCUT2D eigenvalue weighted by molar-refractivity contribution is 0.0309. The molecule has 0 spiro atoms. The summed E-state index contributed by atoms with van der Waals surface area (Å²) in [5, 5.41) is 19.0. The fourth-order valence-electron chi connectivity index (χ4n) is 0.274. The third-order valence-electron chi connectivity index (χ3n) is 0.810. The third kappa shape index (κ3) is 1.91. The molecule has 2 unspecified atom stereocenters. The molecule has 1 radical (unpaired) electrons. The summed E-state index contributed by atoms with van der Waals surface area (Å²) in [5.74, 6) is 0. The van der Waals surface area contributed by atoms with Gasteiger partial charge in [0.1, 0.15) is 12.2 Å². The molecule has 0 aliphatic rings. The van der Waals surface area contributed by atoms with E-state index in [0.29, 0.717) is 0 Å². The number of aliphatic hydroxyl groups excluding tert-OH is 1. The minimum atomic E-state index is -1.13. The van der Waals surface area contributed by atoms with Crippen molar-refractivity contribution in [2.45, 2.75) is 12.2 Å². The lowest BCUT2D eigenvalue weighted by Gasteiger charge is -2.04. The molecule has 0 aromatic rings. The van der Waals surface area contributed by atoms with Crippen molar-refractivity contribution in [3.05, 3.63) is 25.3 Å². The first-order valence-electron chi connectivity index (χ1n) is 2.31. The minimum absolute atomic E-state index is 0.993. The number of hydrogen-bond donors (Lipinski definition) is 1. The molecular weight excluding hydrogens is 104 g/mol. The van der Waals surface area contributed by atoms with Crippen LogP contribution in [0.4, 0.5) is 0 Å². The Morgan fingerprint density at radius 3 is 2.00 bits per heavy atom. The quantitative estimate of drug-likeness (QED) is 0.532. The molecule has 45 valence electrons. The molecule has 0 heterocycles. The van der Waals surface area contributed by atoms with E-state index in [1.807, 2.05) is 0 Å². The van der Waals surface area contributed by atoms with Crippen LogP contribution in [-0.4, -0.2) is 17.3 Å². The second-order valence-corrected chi connectivity index (χ2v) is 1.43. The Bertz CT molecular complexity index is 76.5. The first-order valence-corrected chi connectivity index (χ1v) is 2.31. The van der Waals surface area contributed by atoms with Crippen LogP contribution in [0.5, 0.6) is 0 Å². The van der Waals surface area contributed by atoms with Gasteiger partial charge in [0.05, 0.1) is 0 Å². The fourth-order valence-corrected chi connectivity index (χ4v) is 0.274. The van der Waals surface area contributed by atoms with E-state index in [-0.39, 0.29) is 0 Å². The summed E-state index contributed by atoms with van der Waals surface area (Å²) in [4.78, 5) is 0. The van der Waals surface area contributed by atoms with Crippen LogP contribution in [0.1, 0.15) is 0 Å². The van der Waals surface area contributed by atoms with Crippen molar-refractivity contribution >= 4 is 0 Å². The Hall–Kier alpha value is -0.600. The zero-order valence-electron chi connectivity index (χ0n) is 4.58. The van der Waals surface area contributed by atoms with Gasteiger partial charge in [0, 0.05) is 0 Å². The lowest BCUT2D eigenvalue weighted by atomic mass is 10.2. The van der Waals surface area contributed by atoms with Crippen molar-refractivity contribution < 1.29 is 10.2 Å². The Balaban J connectivity index is 3.60. The SMILES string of the molecule is C=CC([O])C(O)C=C. The standard InChI is InChI=1S/C6H9O2/c1-3-5(7)6(8)4-2/h3-7H,1-2H2. The molecule has 1 N–H and O–H groups in total. The number of rotatable bonds is 3. The van der Waals surface area contributed by atoms with E-state index in [0.717, 1.165) is 6.08 Å². The lowest BCUT2D eigenvalue weighted by Crippen LogP contribution is -2.18. The van der Waals surface area contributed by atoms with Crippen LogP contribution in [0.25, 0.3) is 0 Å². The average molecular weight is 113 g/mol. The van der Waals surface area contributed by atoms with Crippen LogP contribution in [0.3, 0.4) is 0 Å². The maximum atomic E-state index is 10.4. The summed E-state index contributed by atoms with van der Waals surface area (Å²) >= 11 is 0. The Kier molecular flexibility index (Phi) is 3.15. The van der Waals surface area contributed by atoms with Gasteiger partial charge < -0.3 is 5.11 Å². The molecule has 0 aliphatic heterocycles. The van der Waals surface area contributed by atoms with E-state index >= 15 is 0 Å². The van der Waals surface area contributed by atoms with Gasteiger partial charge in [-0.1, -0.05) is 12.2 Å². The summed E-state index contributed by atoms with van der Waals surface area (Å²) in [6, 6.07) is 0. The summed E-state index contributed by atoms with van der Waals surface area (Å²) in [5.41, 5.74) is 0. The molecule has 0 aromatic carbocycles. The van der Waals surface area contributed by atoms with Gasteiger partial charge in [-0.2, -0.15) is 0 Å². The molecule has 2 atom stereocenters. The molecule has 2 heteroatoms. The van der Waals surface area contributed by atoms with Gasteiger partial charge in [0.2, 0.25) is 0 Å². The number of hydrogen-bond acceptors (Lipinski definition) is 1. The van der Waals surface area contributed by atoms with Crippen molar-refractivity contribution in [1.29, 1.82) is 0 Å². The molecule has 0 aliphatic carbocycles. The van der Waals surface area contributed by atoms with Crippen LogP contribution >= 0.6 is 0 Å². The van der Waals surface area contributed by atoms with E-state index < -0.39 is 12.2 Å². The van der Waals surface area contributed by atoms with Gasteiger partial charge >= 0.3 is 0 Å². The monoisotopic (exact) mass is 113 g/mol. The van der Waals surface area contributed by atoms with Gasteiger partial charge in [0.25, 0.3) is 0 Å². The normalized spacial score (nSPS) is 16.8. The van der Waals surface area contributed by atoms with E-state index in [9.17, 15) is 5.11 Å². The van der Waals surface area contributed by atoms with Crippen molar-refractivity contribution in [3.8, 4) is 0 Å². The summed E-state index contributed by atoms with van der Waals surface area (Å²) in [7, 11) is 0. The predicted octanol–water partition coefficient (Wildman–Crippen LogP) is 0.518. The first kappa shape index (κ1) is 7.40.